The van der Waals surface area contributed by atoms with Crippen LogP contribution in [0.3, 0.4) is 0 Å². The summed E-state index contributed by atoms with van der Waals surface area (Å²) in [5, 5.41) is 11.2. The van der Waals surface area contributed by atoms with Crippen LogP contribution in [0.25, 0.3) is 33.2 Å². The second kappa shape index (κ2) is 5.36. The Morgan fingerprint density at radius 2 is 2.13 bits per heavy atom. The molecule has 3 heterocycles. The van der Waals surface area contributed by atoms with Crippen LogP contribution in [0.1, 0.15) is 12.7 Å². The van der Waals surface area contributed by atoms with Crippen LogP contribution < -0.4 is 11.1 Å². The van der Waals surface area contributed by atoms with Gasteiger partial charge in [-0.05, 0) is 24.7 Å². The fraction of sp³-hybridized carbons (Fsp3) is 0.188. The maximum absolute atomic E-state index is 6.11. The van der Waals surface area contributed by atoms with Gasteiger partial charge < -0.3 is 16.0 Å². The molecule has 0 saturated carbocycles. The first-order valence-electron chi connectivity index (χ1n) is 7.54. The van der Waals surface area contributed by atoms with Gasteiger partial charge in [0.15, 0.2) is 0 Å². The van der Waals surface area contributed by atoms with E-state index in [0.29, 0.717) is 12.4 Å². The lowest BCUT2D eigenvalue weighted by molar-refractivity contribution is 0.700. The molecular formula is C16H17N7. The number of anilines is 1. The Labute approximate surface area is 132 Å². The van der Waals surface area contributed by atoms with Gasteiger partial charge in [-0.1, -0.05) is 13.0 Å². The van der Waals surface area contributed by atoms with E-state index in [1.54, 1.807) is 6.20 Å². The first-order valence-corrected chi connectivity index (χ1v) is 7.54. The number of nitrogens with two attached hydrogens (primary N) is 1. The largest absolute Gasteiger partial charge is 0.382 e. The normalized spacial score (nSPS) is 11.5. The van der Waals surface area contributed by atoms with Crippen LogP contribution in [0.15, 0.2) is 30.5 Å². The third-order valence-electron chi connectivity index (χ3n) is 3.86. The second-order valence-corrected chi connectivity index (χ2v) is 5.39. The van der Waals surface area contributed by atoms with Gasteiger partial charge in [-0.3, -0.25) is 5.10 Å². The fourth-order valence-corrected chi connectivity index (χ4v) is 2.72. The third kappa shape index (κ3) is 2.31. The Bertz CT molecular complexity index is 969. The van der Waals surface area contributed by atoms with E-state index in [1.165, 1.54) is 0 Å². The minimum Gasteiger partial charge on any atom is -0.382 e. The molecule has 0 aliphatic heterocycles. The molecule has 0 unspecified atom stereocenters. The highest BCUT2D eigenvalue weighted by atomic mass is 15.1. The standard InChI is InChI=1S/C16H17N7/c1-2-18-8-13-21-14-10-4-3-9(11-5-6-19-23-11)7-12(10)20-16(17)15(14)22-13/h3-7,18H,2,8H2,1H3,(H2,17,20)(H,19,23)(H,21,22). The van der Waals surface area contributed by atoms with E-state index >= 15 is 0 Å². The Morgan fingerprint density at radius 3 is 2.91 bits per heavy atom. The number of nitrogens with zero attached hydrogens (tertiary/aromatic N) is 3. The summed E-state index contributed by atoms with van der Waals surface area (Å²) in [5.74, 6) is 1.32. The predicted molar refractivity (Wildman–Crippen MR) is 90.8 cm³/mol. The number of aromatic nitrogens is 5. The molecule has 0 aliphatic rings. The molecule has 23 heavy (non-hydrogen) atoms. The van der Waals surface area contributed by atoms with Crippen LogP contribution in [0.2, 0.25) is 0 Å². The molecule has 7 nitrogen and oxygen atoms in total. The van der Waals surface area contributed by atoms with Gasteiger partial charge in [0.1, 0.15) is 22.7 Å². The number of hydrogen-bond donors (Lipinski definition) is 4. The lowest BCUT2D eigenvalue weighted by atomic mass is 10.1. The van der Waals surface area contributed by atoms with Crippen LogP contribution in [-0.2, 0) is 6.54 Å². The zero-order valence-corrected chi connectivity index (χ0v) is 12.7. The van der Waals surface area contributed by atoms with Gasteiger partial charge in [-0.25, -0.2) is 9.97 Å². The Morgan fingerprint density at radius 1 is 1.22 bits per heavy atom. The van der Waals surface area contributed by atoms with Gasteiger partial charge in [-0.2, -0.15) is 5.10 Å². The van der Waals surface area contributed by atoms with Crippen LogP contribution in [0, 0.1) is 0 Å². The highest BCUT2D eigenvalue weighted by Crippen LogP contribution is 2.29. The summed E-state index contributed by atoms with van der Waals surface area (Å²) in [6, 6.07) is 7.98. The number of fused-ring (bicyclic) bond motifs is 3. The fourth-order valence-electron chi connectivity index (χ4n) is 2.72. The van der Waals surface area contributed by atoms with Gasteiger partial charge in [0.2, 0.25) is 0 Å². The lowest BCUT2D eigenvalue weighted by Gasteiger charge is -2.03. The van der Waals surface area contributed by atoms with Crippen molar-refractivity contribution in [2.24, 2.45) is 0 Å². The molecule has 0 fully saturated rings. The molecule has 0 bridgehead atoms. The zero-order valence-electron chi connectivity index (χ0n) is 12.7. The topological polar surface area (TPSA) is 108 Å². The molecule has 7 heteroatoms. The summed E-state index contributed by atoms with van der Waals surface area (Å²) < 4.78 is 0. The van der Waals surface area contributed by atoms with E-state index in [4.69, 9.17) is 5.73 Å². The van der Waals surface area contributed by atoms with Gasteiger partial charge >= 0.3 is 0 Å². The van der Waals surface area contributed by atoms with E-state index in [1.807, 2.05) is 24.3 Å². The van der Waals surface area contributed by atoms with Crippen LogP contribution in [0.5, 0.6) is 0 Å². The van der Waals surface area contributed by atoms with E-state index in [2.05, 4.69) is 37.4 Å². The lowest BCUT2D eigenvalue weighted by Crippen LogP contribution is -2.12. The summed E-state index contributed by atoms with van der Waals surface area (Å²) in [6.07, 6.45) is 1.73. The highest BCUT2D eigenvalue weighted by molar-refractivity contribution is 6.06. The molecule has 3 aromatic heterocycles. The maximum atomic E-state index is 6.11. The summed E-state index contributed by atoms with van der Waals surface area (Å²) in [7, 11) is 0. The molecule has 1 aromatic carbocycles. The minimum absolute atomic E-state index is 0.463. The molecule has 0 saturated heterocycles. The Hall–Kier alpha value is -2.93. The number of hydrogen-bond acceptors (Lipinski definition) is 5. The maximum Gasteiger partial charge on any atom is 0.150 e. The average molecular weight is 307 g/mol. The van der Waals surface area contributed by atoms with Gasteiger partial charge in [0.05, 0.1) is 17.8 Å². The van der Waals surface area contributed by atoms with Crippen LogP contribution in [0.4, 0.5) is 5.82 Å². The van der Waals surface area contributed by atoms with E-state index < -0.39 is 0 Å². The number of H-pyrrole nitrogens is 2. The van der Waals surface area contributed by atoms with E-state index in [9.17, 15) is 0 Å². The SMILES string of the molecule is CCNCc1nc2c([nH]1)c(N)nc1cc(-c3ccn[nH]3)ccc12. The van der Waals surface area contributed by atoms with E-state index in [0.717, 1.165) is 45.6 Å². The van der Waals surface area contributed by atoms with Crippen molar-refractivity contribution in [3.8, 4) is 11.3 Å². The summed E-state index contributed by atoms with van der Waals surface area (Å²) in [6.45, 7) is 3.63. The molecule has 116 valence electrons. The average Bonchev–Trinajstić information content (AvgIpc) is 3.22. The number of imidazole rings is 1. The molecule has 4 aromatic rings. The number of benzene rings is 1. The van der Waals surface area contributed by atoms with E-state index in [-0.39, 0.29) is 0 Å². The van der Waals surface area contributed by atoms with Crippen molar-refractivity contribution < 1.29 is 0 Å². The van der Waals surface area contributed by atoms with Crippen molar-refractivity contribution in [1.29, 1.82) is 0 Å². The van der Waals surface area contributed by atoms with Crippen molar-refractivity contribution in [3.63, 3.8) is 0 Å². The Balaban J connectivity index is 1.89. The summed E-state index contributed by atoms with van der Waals surface area (Å²) in [4.78, 5) is 12.4. The molecule has 0 aliphatic carbocycles. The first kappa shape index (κ1) is 13.7. The molecule has 0 radical (unpaired) electrons. The van der Waals surface area contributed by atoms with Crippen molar-refractivity contribution in [3.05, 3.63) is 36.3 Å². The minimum atomic E-state index is 0.463. The number of aromatic amines is 2. The summed E-state index contributed by atoms with van der Waals surface area (Å²) >= 11 is 0. The van der Waals surface area contributed by atoms with Gasteiger partial charge in [0.25, 0.3) is 0 Å². The number of pyridine rings is 1. The monoisotopic (exact) mass is 307 g/mol. The van der Waals surface area contributed by atoms with Crippen molar-refractivity contribution >= 4 is 27.8 Å². The second-order valence-electron chi connectivity index (χ2n) is 5.39. The van der Waals surface area contributed by atoms with Crippen LogP contribution in [-0.4, -0.2) is 31.7 Å². The van der Waals surface area contributed by atoms with Gasteiger partial charge in [0, 0.05) is 17.1 Å². The molecule has 5 N–H and O–H groups in total. The number of nitrogens with one attached hydrogen (secondary N) is 3. The zero-order chi connectivity index (χ0) is 15.8. The Kier molecular flexibility index (Phi) is 3.20. The number of rotatable bonds is 4. The smallest absolute Gasteiger partial charge is 0.150 e. The van der Waals surface area contributed by atoms with Crippen molar-refractivity contribution in [2.75, 3.05) is 12.3 Å². The third-order valence-corrected chi connectivity index (χ3v) is 3.86. The molecule has 0 amide bonds. The van der Waals surface area contributed by atoms with Crippen LogP contribution >= 0.6 is 0 Å². The van der Waals surface area contributed by atoms with Crippen molar-refractivity contribution in [1.82, 2.24) is 30.5 Å². The summed E-state index contributed by atoms with van der Waals surface area (Å²) in [5.41, 5.74) is 10.5. The molecule has 4 rings (SSSR count). The first-order chi connectivity index (χ1) is 11.3. The predicted octanol–water partition coefficient (Wildman–Crippen LogP) is 2.19. The quantitative estimate of drug-likeness (QED) is 0.462. The molecular weight excluding hydrogens is 290 g/mol. The molecule has 0 atom stereocenters. The van der Waals surface area contributed by atoms with Crippen molar-refractivity contribution in [2.45, 2.75) is 13.5 Å². The number of nitrogen functional groups attached to an aromatic ring is 1. The molecule has 0 spiro atoms. The van der Waals surface area contributed by atoms with Gasteiger partial charge in [-0.15, -0.1) is 0 Å². The highest BCUT2D eigenvalue weighted by Gasteiger charge is 2.12.